The van der Waals surface area contributed by atoms with Crippen molar-refractivity contribution in [3.05, 3.63) is 47.9 Å². The van der Waals surface area contributed by atoms with E-state index in [0.717, 1.165) is 17.2 Å². The van der Waals surface area contributed by atoms with E-state index in [0.29, 0.717) is 18.8 Å². The van der Waals surface area contributed by atoms with Gasteiger partial charge >= 0.3 is 0 Å². The highest BCUT2D eigenvalue weighted by molar-refractivity contribution is 6.00. The number of benzene rings is 1. The second-order valence-corrected chi connectivity index (χ2v) is 6.31. The van der Waals surface area contributed by atoms with E-state index in [1.807, 2.05) is 37.3 Å². The number of carbonyl (C=O) groups is 2. The summed E-state index contributed by atoms with van der Waals surface area (Å²) >= 11 is 0. The molecule has 1 saturated heterocycles. The van der Waals surface area contributed by atoms with Crippen molar-refractivity contribution in [3.8, 4) is 5.75 Å². The molecule has 25 heavy (non-hydrogen) atoms. The number of anilines is 1. The molecular weight excluding hydrogens is 320 g/mol. The molecule has 6 heteroatoms. The molecule has 0 spiro atoms. The number of hydrogen-bond acceptors (Lipinski definition) is 4. The van der Waals surface area contributed by atoms with E-state index < -0.39 is 0 Å². The molecule has 1 aromatic heterocycles. The summed E-state index contributed by atoms with van der Waals surface area (Å²) in [6, 6.07) is 11.1. The minimum atomic E-state index is -0.347. The van der Waals surface area contributed by atoms with Gasteiger partial charge in [-0.25, -0.2) is 0 Å². The third-order valence-corrected chi connectivity index (χ3v) is 4.40. The molecule has 2 aromatic rings. The van der Waals surface area contributed by atoms with Crippen LogP contribution >= 0.6 is 0 Å². The van der Waals surface area contributed by atoms with Crippen LogP contribution in [0.5, 0.6) is 5.75 Å². The lowest BCUT2D eigenvalue weighted by molar-refractivity contribution is -0.135. The fraction of sp³-hybridized carbons (Fsp3) is 0.368. The van der Waals surface area contributed by atoms with Crippen molar-refractivity contribution in [2.24, 2.45) is 5.92 Å². The fourth-order valence-electron chi connectivity index (χ4n) is 3.09. The first kappa shape index (κ1) is 17.1. The molecule has 1 atom stereocenters. The Morgan fingerprint density at radius 3 is 2.84 bits per heavy atom. The smallest absolute Gasteiger partial charge is 0.228 e. The van der Waals surface area contributed by atoms with Crippen molar-refractivity contribution in [3.63, 3.8) is 0 Å². The van der Waals surface area contributed by atoms with Crippen LogP contribution in [0.15, 0.2) is 40.8 Å². The highest BCUT2D eigenvalue weighted by atomic mass is 16.5. The van der Waals surface area contributed by atoms with Crippen molar-refractivity contribution in [1.82, 2.24) is 4.90 Å². The Morgan fingerprint density at radius 1 is 1.36 bits per heavy atom. The number of ether oxygens (including phenoxy) is 1. The van der Waals surface area contributed by atoms with E-state index in [-0.39, 0.29) is 24.2 Å². The van der Waals surface area contributed by atoms with Crippen LogP contribution in [-0.2, 0) is 16.1 Å². The van der Waals surface area contributed by atoms with Crippen molar-refractivity contribution in [1.29, 1.82) is 0 Å². The van der Waals surface area contributed by atoms with Crippen LogP contribution in [-0.4, -0.2) is 37.4 Å². The maximum absolute atomic E-state index is 12.7. The third kappa shape index (κ3) is 3.68. The Balaban J connectivity index is 1.67. The largest absolute Gasteiger partial charge is 0.497 e. The van der Waals surface area contributed by atoms with Crippen LogP contribution < -0.4 is 9.64 Å². The summed E-state index contributed by atoms with van der Waals surface area (Å²) < 4.78 is 10.7. The minimum absolute atomic E-state index is 0.0474. The van der Waals surface area contributed by atoms with E-state index in [1.165, 1.54) is 0 Å². The van der Waals surface area contributed by atoms with E-state index in [1.54, 1.807) is 30.0 Å². The monoisotopic (exact) mass is 342 g/mol. The van der Waals surface area contributed by atoms with Crippen molar-refractivity contribution >= 4 is 17.5 Å². The maximum Gasteiger partial charge on any atom is 0.228 e. The molecule has 2 amide bonds. The van der Waals surface area contributed by atoms with E-state index >= 15 is 0 Å². The minimum Gasteiger partial charge on any atom is -0.497 e. The molecule has 0 N–H and O–H groups in total. The number of methoxy groups -OCH3 is 1. The number of carbonyl (C=O) groups excluding carboxylic acids is 2. The Kier molecular flexibility index (Phi) is 4.79. The van der Waals surface area contributed by atoms with Gasteiger partial charge in [0.05, 0.1) is 19.6 Å². The summed E-state index contributed by atoms with van der Waals surface area (Å²) in [5.41, 5.74) is 0.754. The topological polar surface area (TPSA) is 63.0 Å². The standard InChI is InChI=1S/C19H22N2O4/c1-13-7-8-17(25-13)12-20(2)19(23)14-9-18(22)21(11-14)15-5-4-6-16(10-15)24-3/h4-8,10,14H,9,11-12H2,1-3H3/t14-/m0/s1. The second-order valence-electron chi connectivity index (χ2n) is 6.31. The fourth-order valence-corrected chi connectivity index (χ4v) is 3.09. The number of nitrogens with zero attached hydrogens (tertiary/aromatic N) is 2. The van der Waals surface area contributed by atoms with Crippen molar-refractivity contribution in [2.75, 3.05) is 25.6 Å². The van der Waals surface area contributed by atoms with Crippen LogP contribution in [0, 0.1) is 12.8 Å². The molecule has 1 aliphatic rings. The Bertz CT molecular complexity index is 783. The van der Waals surface area contributed by atoms with Gasteiger partial charge in [-0.05, 0) is 31.2 Å². The van der Waals surface area contributed by atoms with Gasteiger partial charge in [0.1, 0.15) is 17.3 Å². The average molecular weight is 342 g/mol. The van der Waals surface area contributed by atoms with Gasteiger partial charge in [0.25, 0.3) is 0 Å². The van der Waals surface area contributed by atoms with E-state index in [2.05, 4.69) is 0 Å². The van der Waals surface area contributed by atoms with Gasteiger partial charge in [0.2, 0.25) is 11.8 Å². The van der Waals surface area contributed by atoms with Gasteiger partial charge in [-0.15, -0.1) is 0 Å². The zero-order valence-corrected chi connectivity index (χ0v) is 14.7. The molecule has 0 bridgehead atoms. The SMILES string of the molecule is COc1cccc(N2C[C@@H](C(=O)N(C)Cc3ccc(C)o3)CC2=O)c1. The van der Waals surface area contributed by atoms with Crippen LogP contribution in [0.25, 0.3) is 0 Å². The molecule has 0 saturated carbocycles. The van der Waals surface area contributed by atoms with Gasteiger partial charge in [0, 0.05) is 31.8 Å². The molecule has 0 aliphatic carbocycles. The Hall–Kier alpha value is -2.76. The van der Waals surface area contributed by atoms with Crippen LogP contribution in [0.2, 0.25) is 0 Å². The normalized spacial score (nSPS) is 17.0. The van der Waals surface area contributed by atoms with Gasteiger partial charge in [-0.1, -0.05) is 6.07 Å². The lowest BCUT2D eigenvalue weighted by Gasteiger charge is -2.21. The lowest BCUT2D eigenvalue weighted by Crippen LogP contribution is -2.34. The van der Waals surface area contributed by atoms with Crippen LogP contribution in [0.3, 0.4) is 0 Å². The summed E-state index contributed by atoms with van der Waals surface area (Å²) in [4.78, 5) is 28.3. The molecule has 3 rings (SSSR count). The third-order valence-electron chi connectivity index (χ3n) is 4.40. The summed E-state index contributed by atoms with van der Waals surface area (Å²) in [7, 11) is 3.32. The number of rotatable bonds is 5. The molecular formula is C19H22N2O4. The summed E-state index contributed by atoms with van der Waals surface area (Å²) in [5, 5.41) is 0. The van der Waals surface area contributed by atoms with Crippen LogP contribution in [0.4, 0.5) is 5.69 Å². The maximum atomic E-state index is 12.7. The first-order chi connectivity index (χ1) is 12.0. The first-order valence-electron chi connectivity index (χ1n) is 8.22. The highest BCUT2D eigenvalue weighted by Crippen LogP contribution is 2.28. The second kappa shape index (κ2) is 7.01. The number of aryl methyl sites for hydroxylation is 1. The van der Waals surface area contributed by atoms with Gasteiger partial charge in [-0.3, -0.25) is 9.59 Å². The van der Waals surface area contributed by atoms with Gasteiger partial charge in [-0.2, -0.15) is 0 Å². The zero-order valence-electron chi connectivity index (χ0n) is 14.7. The molecule has 1 aliphatic heterocycles. The number of amides is 2. The zero-order chi connectivity index (χ0) is 18.0. The Morgan fingerprint density at radius 2 is 2.16 bits per heavy atom. The summed E-state index contributed by atoms with van der Waals surface area (Å²) in [6.07, 6.45) is 0.220. The molecule has 132 valence electrons. The number of hydrogen-bond donors (Lipinski definition) is 0. The summed E-state index contributed by atoms with van der Waals surface area (Å²) in [6.45, 7) is 2.65. The van der Waals surface area contributed by atoms with Crippen molar-refractivity contribution in [2.45, 2.75) is 19.9 Å². The van der Waals surface area contributed by atoms with Crippen molar-refractivity contribution < 1.29 is 18.7 Å². The molecule has 0 radical (unpaired) electrons. The first-order valence-corrected chi connectivity index (χ1v) is 8.22. The lowest BCUT2D eigenvalue weighted by atomic mass is 10.1. The summed E-state index contributed by atoms with van der Waals surface area (Å²) in [5.74, 6) is 1.80. The van der Waals surface area contributed by atoms with E-state index in [4.69, 9.17) is 9.15 Å². The van der Waals surface area contributed by atoms with Crippen LogP contribution in [0.1, 0.15) is 17.9 Å². The van der Waals surface area contributed by atoms with Gasteiger partial charge < -0.3 is 19.0 Å². The predicted octanol–water partition coefficient (Wildman–Crippen LogP) is 2.61. The highest BCUT2D eigenvalue weighted by Gasteiger charge is 2.36. The Labute approximate surface area is 147 Å². The molecule has 0 unspecified atom stereocenters. The average Bonchev–Trinajstić information content (AvgIpc) is 3.19. The molecule has 1 fully saturated rings. The predicted molar refractivity (Wildman–Crippen MR) is 93.4 cm³/mol. The molecule has 1 aromatic carbocycles. The van der Waals surface area contributed by atoms with E-state index in [9.17, 15) is 9.59 Å². The molecule has 6 nitrogen and oxygen atoms in total. The quantitative estimate of drug-likeness (QED) is 0.838. The molecule has 2 heterocycles. The van der Waals surface area contributed by atoms with Gasteiger partial charge in [0.15, 0.2) is 0 Å². The number of furan rings is 1.